The normalized spacial score (nSPS) is 11.7. The molecule has 6 heteroatoms. The Labute approximate surface area is 104 Å². The van der Waals surface area contributed by atoms with Crippen LogP contribution in [0.25, 0.3) is 0 Å². The van der Waals surface area contributed by atoms with Crippen LogP contribution in [0.15, 0.2) is 24.3 Å². The number of esters is 1. The molecule has 92 valence electrons. The molecule has 3 N–H and O–H groups in total. The van der Waals surface area contributed by atoms with Gasteiger partial charge in [-0.15, -0.1) is 0 Å². The van der Waals surface area contributed by atoms with E-state index in [4.69, 9.17) is 17.3 Å². The van der Waals surface area contributed by atoms with E-state index in [-0.39, 0.29) is 6.61 Å². The number of nitrogens with two attached hydrogens (primary N) is 1. The van der Waals surface area contributed by atoms with Crippen molar-refractivity contribution in [1.29, 1.82) is 0 Å². The lowest BCUT2D eigenvalue weighted by atomic mass is 10.2. The second kappa shape index (κ2) is 6.22. The molecule has 0 heterocycles. The van der Waals surface area contributed by atoms with E-state index in [1.165, 1.54) is 0 Å². The van der Waals surface area contributed by atoms with Crippen LogP contribution in [0.1, 0.15) is 6.92 Å². The minimum absolute atomic E-state index is 0.173. The molecule has 0 aliphatic heterocycles. The van der Waals surface area contributed by atoms with E-state index in [0.717, 1.165) is 0 Å². The van der Waals surface area contributed by atoms with E-state index in [1.54, 1.807) is 31.2 Å². The maximum Gasteiger partial charge on any atom is 0.332 e. The predicted octanol–water partition coefficient (Wildman–Crippen LogP) is 1.17. The summed E-state index contributed by atoms with van der Waals surface area (Å²) in [5.74, 6) is -1.42. The van der Waals surface area contributed by atoms with Crippen LogP contribution in [-0.2, 0) is 14.3 Å². The fraction of sp³-hybridized carbons (Fsp3) is 0.273. The van der Waals surface area contributed by atoms with E-state index in [0.29, 0.717) is 10.7 Å². The Bertz CT molecular complexity index is 423. The number of rotatable bonds is 4. The maximum absolute atomic E-state index is 11.6. The van der Waals surface area contributed by atoms with Crippen LogP contribution in [0.5, 0.6) is 0 Å². The molecule has 0 aromatic heterocycles. The number of anilines is 1. The average Bonchev–Trinajstić information content (AvgIpc) is 2.31. The molecule has 17 heavy (non-hydrogen) atoms. The summed E-state index contributed by atoms with van der Waals surface area (Å²) in [7, 11) is 0. The smallest absolute Gasteiger partial charge is 0.332 e. The molecule has 5 nitrogen and oxygen atoms in total. The van der Waals surface area contributed by atoms with Crippen LogP contribution in [-0.4, -0.2) is 24.5 Å². The SMILES string of the molecule is CCOC(=O)C(N)C(=O)Nc1ccccc1Cl. The Morgan fingerprint density at radius 3 is 2.71 bits per heavy atom. The zero-order valence-corrected chi connectivity index (χ0v) is 10.0. The fourth-order valence-electron chi connectivity index (χ4n) is 1.11. The molecule has 0 fully saturated rings. The molecule has 0 saturated carbocycles. The Balaban J connectivity index is 2.67. The highest BCUT2D eigenvalue weighted by Crippen LogP contribution is 2.20. The van der Waals surface area contributed by atoms with Gasteiger partial charge in [-0.25, -0.2) is 4.79 Å². The first-order chi connectivity index (χ1) is 8.06. The largest absolute Gasteiger partial charge is 0.464 e. The van der Waals surface area contributed by atoms with Crippen LogP contribution in [0.3, 0.4) is 0 Å². The number of amides is 1. The van der Waals surface area contributed by atoms with Crippen LogP contribution in [0, 0.1) is 0 Å². The maximum atomic E-state index is 11.6. The number of carbonyl (C=O) groups excluding carboxylic acids is 2. The van der Waals surface area contributed by atoms with E-state index >= 15 is 0 Å². The Morgan fingerprint density at radius 2 is 2.12 bits per heavy atom. The van der Waals surface area contributed by atoms with Crippen LogP contribution in [0.4, 0.5) is 5.69 Å². The number of ether oxygens (including phenoxy) is 1. The van der Waals surface area contributed by atoms with Gasteiger partial charge in [-0.05, 0) is 19.1 Å². The quantitative estimate of drug-likeness (QED) is 0.626. The molecule has 0 aliphatic carbocycles. The standard InChI is InChI=1S/C11H13ClN2O3/c1-2-17-11(16)9(13)10(15)14-8-6-4-3-5-7(8)12/h3-6,9H,2,13H2,1H3,(H,14,15). The molecule has 1 atom stereocenters. The van der Waals surface area contributed by atoms with Gasteiger partial charge in [0.25, 0.3) is 5.91 Å². The number of nitrogens with one attached hydrogen (secondary N) is 1. The third-order valence-corrected chi connectivity index (χ3v) is 2.28. The minimum Gasteiger partial charge on any atom is -0.464 e. The van der Waals surface area contributed by atoms with Crippen molar-refractivity contribution in [3.05, 3.63) is 29.3 Å². The van der Waals surface area contributed by atoms with Gasteiger partial charge in [0, 0.05) is 0 Å². The van der Waals surface area contributed by atoms with Gasteiger partial charge in [-0.2, -0.15) is 0 Å². The molecule has 0 bridgehead atoms. The lowest BCUT2D eigenvalue weighted by Crippen LogP contribution is -2.43. The predicted molar refractivity (Wildman–Crippen MR) is 64.7 cm³/mol. The van der Waals surface area contributed by atoms with Gasteiger partial charge in [0.2, 0.25) is 0 Å². The number of benzene rings is 1. The van der Waals surface area contributed by atoms with Gasteiger partial charge >= 0.3 is 5.97 Å². The molecular weight excluding hydrogens is 244 g/mol. The first kappa shape index (κ1) is 13.5. The lowest BCUT2D eigenvalue weighted by Gasteiger charge is -2.11. The molecule has 1 rings (SSSR count). The Kier molecular flexibility index (Phi) is 4.93. The second-order valence-electron chi connectivity index (χ2n) is 3.20. The van der Waals surface area contributed by atoms with Crippen LogP contribution in [0.2, 0.25) is 5.02 Å². The highest BCUT2D eigenvalue weighted by Gasteiger charge is 2.23. The molecular formula is C11H13ClN2O3. The topological polar surface area (TPSA) is 81.4 Å². The van der Waals surface area contributed by atoms with Crippen LogP contribution >= 0.6 is 11.6 Å². The summed E-state index contributed by atoms with van der Waals surface area (Å²) in [5, 5.41) is 2.82. The molecule has 0 aliphatic rings. The van der Waals surface area contributed by atoms with Gasteiger partial charge in [0.05, 0.1) is 17.3 Å². The zero-order chi connectivity index (χ0) is 12.8. The average molecular weight is 257 g/mol. The number of para-hydroxylation sites is 1. The first-order valence-corrected chi connectivity index (χ1v) is 5.41. The van der Waals surface area contributed by atoms with E-state index in [2.05, 4.69) is 10.1 Å². The van der Waals surface area contributed by atoms with Crippen molar-refractivity contribution < 1.29 is 14.3 Å². The first-order valence-electron chi connectivity index (χ1n) is 5.04. The van der Waals surface area contributed by atoms with E-state index < -0.39 is 17.9 Å². The zero-order valence-electron chi connectivity index (χ0n) is 9.27. The highest BCUT2D eigenvalue weighted by atomic mass is 35.5. The molecule has 1 amide bonds. The molecule has 1 aromatic rings. The van der Waals surface area contributed by atoms with E-state index in [9.17, 15) is 9.59 Å². The van der Waals surface area contributed by atoms with Crippen molar-refractivity contribution in [3.63, 3.8) is 0 Å². The van der Waals surface area contributed by atoms with Crippen LogP contribution < -0.4 is 11.1 Å². The number of halogens is 1. The fourth-order valence-corrected chi connectivity index (χ4v) is 1.30. The summed E-state index contributed by atoms with van der Waals surface area (Å²) in [6.45, 7) is 1.81. The van der Waals surface area contributed by atoms with Crippen molar-refractivity contribution in [2.45, 2.75) is 13.0 Å². The van der Waals surface area contributed by atoms with Crippen molar-refractivity contribution in [1.82, 2.24) is 0 Å². The third-order valence-electron chi connectivity index (χ3n) is 1.95. The summed E-state index contributed by atoms with van der Waals surface area (Å²) in [4.78, 5) is 22.8. The van der Waals surface area contributed by atoms with Crippen molar-refractivity contribution >= 4 is 29.2 Å². The molecule has 0 radical (unpaired) electrons. The summed E-state index contributed by atoms with van der Waals surface area (Å²) in [6.07, 6.45) is 0. The van der Waals surface area contributed by atoms with Gasteiger partial charge in [-0.1, -0.05) is 23.7 Å². The number of hydrogen-bond donors (Lipinski definition) is 2. The lowest BCUT2D eigenvalue weighted by molar-refractivity contribution is -0.146. The molecule has 1 aromatic carbocycles. The monoisotopic (exact) mass is 256 g/mol. The minimum atomic E-state index is -1.36. The summed E-state index contributed by atoms with van der Waals surface area (Å²) in [6, 6.07) is 5.30. The van der Waals surface area contributed by atoms with Crippen molar-refractivity contribution in [2.75, 3.05) is 11.9 Å². The molecule has 0 spiro atoms. The Morgan fingerprint density at radius 1 is 1.47 bits per heavy atom. The van der Waals surface area contributed by atoms with Gasteiger partial charge < -0.3 is 15.8 Å². The summed E-state index contributed by atoms with van der Waals surface area (Å²) >= 11 is 5.84. The third kappa shape index (κ3) is 3.72. The van der Waals surface area contributed by atoms with Gasteiger partial charge in [0.1, 0.15) is 0 Å². The summed E-state index contributed by atoms with van der Waals surface area (Å²) < 4.78 is 4.63. The molecule has 1 unspecified atom stereocenters. The summed E-state index contributed by atoms with van der Waals surface area (Å²) in [5.41, 5.74) is 5.82. The Hall–Kier alpha value is -1.59. The number of hydrogen-bond acceptors (Lipinski definition) is 4. The molecule has 0 saturated heterocycles. The van der Waals surface area contributed by atoms with Gasteiger partial charge in [-0.3, -0.25) is 4.79 Å². The van der Waals surface area contributed by atoms with E-state index in [1.807, 2.05) is 0 Å². The number of carbonyl (C=O) groups is 2. The van der Waals surface area contributed by atoms with Crippen molar-refractivity contribution in [3.8, 4) is 0 Å². The highest BCUT2D eigenvalue weighted by molar-refractivity contribution is 6.33. The van der Waals surface area contributed by atoms with Crippen molar-refractivity contribution in [2.24, 2.45) is 5.73 Å². The van der Waals surface area contributed by atoms with Gasteiger partial charge in [0.15, 0.2) is 6.04 Å². The second-order valence-corrected chi connectivity index (χ2v) is 3.61.